The largest absolute Gasteiger partial charge is 0.207 e. The molecule has 114 valence electrons. The molecule has 0 aromatic heterocycles. The topological polar surface area (TPSA) is 0 Å². The highest BCUT2D eigenvalue weighted by Gasteiger charge is 2.20. The number of fused-ring (bicyclic) bond motifs is 1. The third-order valence-corrected chi connectivity index (χ3v) is 5.61. The minimum Gasteiger partial charge on any atom is -0.207 e. The molecule has 0 unspecified atom stereocenters. The van der Waals surface area contributed by atoms with Crippen molar-refractivity contribution in [1.82, 2.24) is 0 Å². The molecule has 1 saturated carbocycles. The van der Waals surface area contributed by atoms with Crippen molar-refractivity contribution >= 4 is 0 Å². The summed E-state index contributed by atoms with van der Waals surface area (Å²) < 4.78 is 13.2. The molecule has 0 bridgehead atoms. The summed E-state index contributed by atoms with van der Waals surface area (Å²) in [5.74, 6) is 1.85. The molecule has 1 aromatic rings. The molecule has 0 heterocycles. The summed E-state index contributed by atoms with van der Waals surface area (Å²) in [5, 5.41) is 0. The number of allylic oxidation sites excluding steroid dienone is 2. The van der Waals surface area contributed by atoms with Crippen LogP contribution in [0.4, 0.5) is 4.39 Å². The van der Waals surface area contributed by atoms with Gasteiger partial charge in [0.25, 0.3) is 0 Å². The summed E-state index contributed by atoms with van der Waals surface area (Å²) in [6, 6.07) is 5.28. The van der Waals surface area contributed by atoms with E-state index in [4.69, 9.17) is 0 Å². The standard InChI is InChI=1S/C20H27F/c1-2-15-3-5-16(6-4-15)7-8-17-9-10-19-14-20(21)12-11-18(19)13-17/h9,11-12,14-16H,2-8,10,13H2,1H3. The Morgan fingerprint density at radius 1 is 1.05 bits per heavy atom. The summed E-state index contributed by atoms with van der Waals surface area (Å²) in [4.78, 5) is 0. The molecule has 0 atom stereocenters. The lowest BCUT2D eigenvalue weighted by Crippen LogP contribution is -2.14. The monoisotopic (exact) mass is 286 g/mol. The first kappa shape index (κ1) is 14.8. The normalized spacial score (nSPS) is 25.3. The molecule has 0 saturated heterocycles. The Bertz CT molecular complexity index is 507. The lowest BCUT2D eigenvalue weighted by Gasteiger charge is -2.28. The number of benzene rings is 1. The van der Waals surface area contributed by atoms with Gasteiger partial charge in [0.1, 0.15) is 5.82 Å². The van der Waals surface area contributed by atoms with E-state index in [2.05, 4.69) is 13.0 Å². The minimum absolute atomic E-state index is 0.0988. The first-order valence-electron chi connectivity index (χ1n) is 8.69. The molecule has 1 fully saturated rings. The van der Waals surface area contributed by atoms with Crippen LogP contribution >= 0.6 is 0 Å². The summed E-state index contributed by atoms with van der Waals surface area (Å²) in [5.41, 5.74) is 4.09. The minimum atomic E-state index is -0.0988. The molecule has 21 heavy (non-hydrogen) atoms. The van der Waals surface area contributed by atoms with Gasteiger partial charge in [0.15, 0.2) is 0 Å². The fourth-order valence-corrected chi connectivity index (χ4v) is 4.04. The zero-order valence-corrected chi connectivity index (χ0v) is 13.2. The first-order chi connectivity index (χ1) is 10.2. The zero-order valence-electron chi connectivity index (χ0n) is 13.2. The van der Waals surface area contributed by atoms with Gasteiger partial charge in [0.2, 0.25) is 0 Å². The molecule has 3 rings (SSSR count). The van der Waals surface area contributed by atoms with Crippen LogP contribution in [0, 0.1) is 17.7 Å². The Hall–Kier alpha value is -1.11. The van der Waals surface area contributed by atoms with E-state index in [0.717, 1.165) is 24.7 Å². The van der Waals surface area contributed by atoms with Gasteiger partial charge in [-0.05, 0) is 60.8 Å². The maximum atomic E-state index is 13.2. The van der Waals surface area contributed by atoms with Crippen LogP contribution in [0.3, 0.4) is 0 Å². The van der Waals surface area contributed by atoms with E-state index in [0.29, 0.717) is 0 Å². The van der Waals surface area contributed by atoms with Crippen molar-refractivity contribution in [3.8, 4) is 0 Å². The third-order valence-electron chi connectivity index (χ3n) is 5.61. The summed E-state index contributed by atoms with van der Waals surface area (Å²) in [6.45, 7) is 2.33. The van der Waals surface area contributed by atoms with Gasteiger partial charge < -0.3 is 0 Å². The van der Waals surface area contributed by atoms with Crippen LogP contribution < -0.4 is 0 Å². The molecule has 0 nitrogen and oxygen atoms in total. The second-order valence-corrected chi connectivity index (χ2v) is 6.99. The lowest BCUT2D eigenvalue weighted by molar-refractivity contribution is 0.258. The second kappa shape index (κ2) is 6.77. The highest BCUT2D eigenvalue weighted by molar-refractivity contribution is 5.37. The van der Waals surface area contributed by atoms with E-state index < -0.39 is 0 Å². The van der Waals surface area contributed by atoms with Crippen molar-refractivity contribution < 1.29 is 4.39 Å². The van der Waals surface area contributed by atoms with E-state index in [-0.39, 0.29) is 5.82 Å². The highest BCUT2D eigenvalue weighted by atomic mass is 19.1. The van der Waals surface area contributed by atoms with Crippen molar-refractivity contribution in [3.05, 3.63) is 46.8 Å². The summed E-state index contributed by atoms with van der Waals surface area (Å²) in [7, 11) is 0. The average molecular weight is 286 g/mol. The SMILES string of the molecule is CCC1CCC(CCC2=CCc3cc(F)ccc3C2)CC1. The number of rotatable bonds is 4. The van der Waals surface area contributed by atoms with E-state index in [1.807, 2.05) is 6.07 Å². The summed E-state index contributed by atoms with van der Waals surface area (Å²) in [6.07, 6.45) is 14.1. The van der Waals surface area contributed by atoms with Crippen LogP contribution in [0.5, 0.6) is 0 Å². The molecule has 0 spiro atoms. The Morgan fingerprint density at radius 2 is 1.81 bits per heavy atom. The van der Waals surface area contributed by atoms with Crippen molar-refractivity contribution in [2.24, 2.45) is 11.8 Å². The lowest BCUT2D eigenvalue weighted by atomic mass is 9.78. The fraction of sp³-hybridized carbons (Fsp3) is 0.600. The molecule has 0 aliphatic heterocycles. The maximum Gasteiger partial charge on any atom is 0.123 e. The van der Waals surface area contributed by atoms with Crippen molar-refractivity contribution in [2.45, 2.75) is 64.7 Å². The first-order valence-corrected chi connectivity index (χ1v) is 8.69. The molecule has 1 heteroatoms. The molecule has 2 aliphatic carbocycles. The van der Waals surface area contributed by atoms with Crippen LogP contribution in [0.1, 0.15) is 63.0 Å². The fourth-order valence-electron chi connectivity index (χ4n) is 4.04. The van der Waals surface area contributed by atoms with Crippen LogP contribution in [0.15, 0.2) is 29.8 Å². The van der Waals surface area contributed by atoms with Gasteiger partial charge in [0.05, 0.1) is 0 Å². The number of hydrogen-bond donors (Lipinski definition) is 0. The predicted octanol–water partition coefficient (Wildman–Crippen LogP) is 5.85. The predicted molar refractivity (Wildman–Crippen MR) is 86.9 cm³/mol. The van der Waals surface area contributed by atoms with E-state index in [1.165, 1.54) is 56.1 Å². The van der Waals surface area contributed by atoms with Gasteiger partial charge in [0, 0.05) is 0 Å². The van der Waals surface area contributed by atoms with Crippen molar-refractivity contribution in [1.29, 1.82) is 0 Å². The molecule has 0 N–H and O–H groups in total. The van der Waals surface area contributed by atoms with Gasteiger partial charge in [-0.3, -0.25) is 0 Å². The maximum absolute atomic E-state index is 13.2. The zero-order chi connectivity index (χ0) is 14.7. The molecular weight excluding hydrogens is 259 g/mol. The van der Waals surface area contributed by atoms with Crippen LogP contribution in [0.25, 0.3) is 0 Å². The van der Waals surface area contributed by atoms with E-state index in [9.17, 15) is 4.39 Å². The second-order valence-electron chi connectivity index (χ2n) is 6.99. The third kappa shape index (κ3) is 3.75. The van der Waals surface area contributed by atoms with Crippen LogP contribution in [0.2, 0.25) is 0 Å². The molecular formula is C20H27F. The Kier molecular flexibility index (Phi) is 4.77. The smallest absolute Gasteiger partial charge is 0.123 e. The Balaban J connectivity index is 1.49. The van der Waals surface area contributed by atoms with Gasteiger partial charge in [-0.1, -0.05) is 56.7 Å². The van der Waals surface area contributed by atoms with Gasteiger partial charge >= 0.3 is 0 Å². The van der Waals surface area contributed by atoms with Gasteiger partial charge in [-0.25, -0.2) is 4.39 Å². The van der Waals surface area contributed by atoms with Crippen molar-refractivity contribution in [2.75, 3.05) is 0 Å². The van der Waals surface area contributed by atoms with Crippen LogP contribution in [-0.2, 0) is 12.8 Å². The van der Waals surface area contributed by atoms with Crippen LogP contribution in [-0.4, -0.2) is 0 Å². The average Bonchev–Trinajstić information content (AvgIpc) is 2.53. The number of halogens is 1. The molecule has 1 aromatic carbocycles. The summed E-state index contributed by atoms with van der Waals surface area (Å²) >= 11 is 0. The Labute approximate surface area is 128 Å². The van der Waals surface area contributed by atoms with E-state index >= 15 is 0 Å². The highest BCUT2D eigenvalue weighted by Crippen LogP contribution is 2.34. The van der Waals surface area contributed by atoms with Gasteiger partial charge in [-0.2, -0.15) is 0 Å². The van der Waals surface area contributed by atoms with E-state index in [1.54, 1.807) is 17.7 Å². The molecule has 0 radical (unpaired) electrons. The molecule has 2 aliphatic rings. The van der Waals surface area contributed by atoms with Gasteiger partial charge in [-0.15, -0.1) is 0 Å². The molecule has 0 amide bonds. The Morgan fingerprint density at radius 3 is 2.57 bits per heavy atom. The van der Waals surface area contributed by atoms with Crippen molar-refractivity contribution in [3.63, 3.8) is 0 Å². The quantitative estimate of drug-likeness (QED) is 0.609. The number of hydrogen-bond acceptors (Lipinski definition) is 0.